The van der Waals surface area contributed by atoms with Crippen LogP contribution in [0.5, 0.6) is 0 Å². The highest BCUT2D eigenvalue weighted by Gasteiger charge is 2.08. The SMILES string of the molecule is C/C(=C/C(=O)O)C(=O)OCc1ccco1. The van der Waals surface area contributed by atoms with Crippen molar-refractivity contribution in [1.82, 2.24) is 0 Å². The summed E-state index contributed by atoms with van der Waals surface area (Å²) < 4.78 is 9.72. The normalized spacial score (nSPS) is 11.1. The van der Waals surface area contributed by atoms with E-state index in [1.165, 1.54) is 13.2 Å². The molecule has 5 nitrogen and oxygen atoms in total. The number of ether oxygens (including phenoxy) is 1. The molecule has 0 spiro atoms. The van der Waals surface area contributed by atoms with Gasteiger partial charge in [0.05, 0.1) is 6.26 Å². The first-order valence-electron chi connectivity index (χ1n) is 4.20. The Kier molecular flexibility index (Phi) is 3.68. The van der Waals surface area contributed by atoms with Crippen molar-refractivity contribution >= 4 is 11.9 Å². The van der Waals surface area contributed by atoms with Gasteiger partial charge < -0.3 is 14.3 Å². The molecule has 5 heteroatoms. The molecule has 0 saturated heterocycles. The Morgan fingerprint density at radius 1 is 1.60 bits per heavy atom. The van der Waals surface area contributed by atoms with E-state index in [4.69, 9.17) is 14.3 Å². The molecule has 15 heavy (non-hydrogen) atoms. The lowest BCUT2D eigenvalue weighted by molar-refractivity contribution is -0.141. The third kappa shape index (κ3) is 3.68. The molecule has 0 bridgehead atoms. The maximum atomic E-state index is 11.2. The minimum absolute atomic E-state index is 0.00334. The largest absolute Gasteiger partial charge is 0.478 e. The summed E-state index contributed by atoms with van der Waals surface area (Å²) in [7, 11) is 0. The molecule has 0 saturated carbocycles. The lowest BCUT2D eigenvalue weighted by Gasteiger charge is -2.01. The van der Waals surface area contributed by atoms with Crippen LogP contribution >= 0.6 is 0 Å². The zero-order valence-corrected chi connectivity index (χ0v) is 8.10. The minimum atomic E-state index is -1.18. The Labute approximate surface area is 86.0 Å². The Bertz CT molecular complexity index is 375. The van der Waals surface area contributed by atoms with Gasteiger partial charge in [-0.25, -0.2) is 9.59 Å². The van der Waals surface area contributed by atoms with E-state index in [2.05, 4.69) is 0 Å². The molecule has 0 aliphatic heterocycles. The fraction of sp³-hybridized carbons (Fsp3) is 0.200. The van der Waals surface area contributed by atoms with Crippen molar-refractivity contribution in [3.05, 3.63) is 35.8 Å². The summed E-state index contributed by atoms with van der Waals surface area (Å²) in [4.78, 5) is 21.4. The van der Waals surface area contributed by atoms with Crippen molar-refractivity contribution < 1.29 is 23.8 Å². The van der Waals surface area contributed by atoms with Crippen molar-refractivity contribution in [2.45, 2.75) is 13.5 Å². The van der Waals surface area contributed by atoms with Gasteiger partial charge >= 0.3 is 11.9 Å². The number of hydrogen-bond acceptors (Lipinski definition) is 4. The molecule has 0 aromatic carbocycles. The molecule has 1 aromatic rings. The zero-order chi connectivity index (χ0) is 11.3. The van der Waals surface area contributed by atoms with Gasteiger partial charge in [0.2, 0.25) is 0 Å². The first-order valence-corrected chi connectivity index (χ1v) is 4.20. The summed E-state index contributed by atoms with van der Waals surface area (Å²) in [5.74, 6) is -1.34. The van der Waals surface area contributed by atoms with Crippen LogP contribution in [0.15, 0.2) is 34.5 Å². The smallest absolute Gasteiger partial charge is 0.334 e. The second kappa shape index (κ2) is 4.99. The van der Waals surface area contributed by atoms with E-state index in [0.717, 1.165) is 6.08 Å². The second-order valence-electron chi connectivity index (χ2n) is 2.82. The lowest BCUT2D eigenvalue weighted by atomic mass is 10.3. The fourth-order valence-electron chi connectivity index (χ4n) is 0.889. The number of furan rings is 1. The van der Waals surface area contributed by atoms with E-state index >= 15 is 0 Å². The van der Waals surface area contributed by atoms with Gasteiger partial charge in [-0.15, -0.1) is 0 Å². The number of rotatable bonds is 4. The van der Waals surface area contributed by atoms with Crippen LogP contribution in [0.1, 0.15) is 12.7 Å². The molecule has 0 atom stereocenters. The zero-order valence-electron chi connectivity index (χ0n) is 8.10. The number of carbonyl (C=O) groups is 2. The van der Waals surface area contributed by atoms with E-state index in [1.807, 2.05) is 0 Å². The molecular formula is C10H10O5. The summed E-state index contributed by atoms with van der Waals surface area (Å²) in [5, 5.41) is 8.38. The Hall–Kier alpha value is -2.04. The van der Waals surface area contributed by atoms with E-state index < -0.39 is 11.9 Å². The van der Waals surface area contributed by atoms with Crippen LogP contribution in [-0.4, -0.2) is 17.0 Å². The molecule has 0 aliphatic rings. The van der Waals surface area contributed by atoms with E-state index in [0.29, 0.717) is 5.76 Å². The van der Waals surface area contributed by atoms with E-state index in [1.54, 1.807) is 12.1 Å². The van der Waals surface area contributed by atoms with Gasteiger partial charge in [0.25, 0.3) is 0 Å². The van der Waals surface area contributed by atoms with Gasteiger partial charge in [0.15, 0.2) is 0 Å². The van der Waals surface area contributed by atoms with Crippen LogP contribution in [0.3, 0.4) is 0 Å². The number of hydrogen-bond donors (Lipinski definition) is 1. The van der Waals surface area contributed by atoms with Crippen LogP contribution in [0.4, 0.5) is 0 Å². The predicted octanol–water partition coefficient (Wildman–Crippen LogP) is 1.35. The standard InChI is InChI=1S/C10H10O5/c1-7(5-9(11)12)10(13)15-6-8-3-2-4-14-8/h2-5H,6H2,1H3,(H,11,12)/b7-5-. The van der Waals surface area contributed by atoms with Gasteiger partial charge in [-0.1, -0.05) is 0 Å². The molecule has 0 fully saturated rings. The highest BCUT2D eigenvalue weighted by molar-refractivity contribution is 5.95. The minimum Gasteiger partial charge on any atom is -0.478 e. The third-order valence-electron chi connectivity index (χ3n) is 1.59. The van der Waals surface area contributed by atoms with Crippen molar-refractivity contribution in [3.63, 3.8) is 0 Å². The van der Waals surface area contributed by atoms with Crippen LogP contribution in [0.2, 0.25) is 0 Å². The third-order valence-corrected chi connectivity index (χ3v) is 1.59. The Morgan fingerprint density at radius 3 is 2.87 bits per heavy atom. The first-order chi connectivity index (χ1) is 7.09. The van der Waals surface area contributed by atoms with Gasteiger partial charge in [0, 0.05) is 11.6 Å². The first kappa shape index (κ1) is 11.0. The maximum absolute atomic E-state index is 11.2. The fourth-order valence-corrected chi connectivity index (χ4v) is 0.889. The van der Waals surface area contributed by atoms with Crippen molar-refractivity contribution in [2.24, 2.45) is 0 Å². The number of carbonyl (C=O) groups excluding carboxylic acids is 1. The molecule has 0 aliphatic carbocycles. The van der Waals surface area contributed by atoms with Gasteiger partial charge in [-0.05, 0) is 19.1 Å². The van der Waals surface area contributed by atoms with Crippen LogP contribution in [-0.2, 0) is 20.9 Å². The Balaban J connectivity index is 2.46. The summed E-state index contributed by atoms with van der Waals surface area (Å²) in [6, 6.07) is 3.33. The summed E-state index contributed by atoms with van der Waals surface area (Å²) >= 11 is 0. The van der Waals surface area contributed by atoms with Gasteiger partial charge in [-0.2, -0.15) is 0 Å². The Morgan fingerprint density at radius 2 is 2.33 bits per heavy atom. The van der Waals surface area contributed by atoms with Gasteiger partial charge in [0.1, 0.15) is 12.4 Å². The number of esters is 1. The molecule has 1 aromatic heterocycles. The summed E-state index contributed by atoms with van der Waals surface area (Å²) in [6.45, 7) is 1.37. The molecule has 1 heterocycles. The van der Waals surface area contributed by atoms with E-state index in [9.17, 15) is 9.59 Å². The average Bonchev–Trinajstić information content (AvgIpc) is 2.65. The number of carboxylic acid groups (broad SMARTS) is 1. The topological polar surface area (TPSA) is 76.7 Å². The summed E-state index contributed by atoms with van der Waals surface area (Å²) in [6.07, 6.45) is 2.26. The summed E-state index contributed by atoms with van der Waals surface area (Å²) in [5.41, 5.74) is 0.0362. The van der Waals surface area contributed by atoms with Crippen molar-refractivity contribution in [3.8, 4) is 0 Å². The monoisotopic (exact) mass is 210 g/mol. The average molecular weight is 210 g/mol. The molecule has 1 rings (SSSR count). The molecule has 1 N–H and O–H groups in total. The molecule has 0 unspecified atom stereocenters. The van der Waals surface area contributed by atoms with Crippen molar-refractivity contribution in [2.75, 3.05) is 0 Å². The van der Waals surface area contributed by atoms with Crippen LogP contribution < -0.4 is 0 Å². The number of carboxylic acids is 1. The van der Waals surface area contributed by atoms with Crippen molar-refractivity contribution in [1.29, 1.82) is 0 Å². The molecule has 80 valence electrons. The molecule has 0 amide bonds. The number of aliphatic carboxylic acids is 1. The van der Waals surface area contributed by atoms with E-state index in [-0.39, 0.29) is 12.2 Å². The lowest BCUT2D eigenvalue weighted by Crippen LogP contribution is -2.07. The highest BCUT2D eigenvalue weighted by atomic mass is 16.5. The molecule has 0 radical (unpaired) electrons. The highest BCUT2D eigenvalue weighted by Crippen LogP contribution is 2.04. The molecular weight excluding hydrogens is 200 g/mol. The van der Waals surface area contributed by atoms with Crippen LogP contribution in [0, 0.1) is 0 Å². The second-order valence-corrected chi connectivity index (χ2v) is 2.82. The van der Waals surface area contributed by atoms with Crippen LogP contribution in [0.25, 0.3) is 0 Å². The quantitative estimate of drug-likeness (QED) is 0.599. The maximum Gasteiger partial charge on any atom is 0.334 e. The predicted molar refractivity (Wildman–Crippen MR) is 49.9 cm³/mol. The van der Waals surface area contributed by atoms with Gasteiger partial charge in [-0.3, -0.25) is 0 Å².